The third-order valence-corrected chi connectivity index (χ3v) is 4.62. The minimum absolute atomic E-state index is 0.0450. The summed E-state index contributed by atoms with van der Waals surface area (Å²) in [5, 5.41) is 7.06. The number of rotatable bonds is 3. The van der Waals surface area contributed by atoms with Gasteiger partial charge in [-0.2, -0.15) is 5.10 Å². The van der Waals surface area contributed by atoms with Crippen molar-refractivity contribution in [3.05, 3.63) is 71.5 Å². The van der Waals surface area contributed by atoms with Crippen LogP contribution in [0.2, 0.25) is 0 Å². The number of hydrogen-bond acceptors (Lipinski definition) is 3. The van der Waals surface area contributed by atoms with E-state index in [0.29, 0.717) is 18.7 Å². The predicted octanol–water partition coefficient (Wildman–Crippen LogP) is 3.28. The molecular weight excluding hydrogens is 314 g/mol. The van der Waals surface area contributed by atoms with Crippen LogP contribution >= 0.6 is 0 Å². The van der Waals surface area contributed by atoms with E-state index in [9.17, 15) is 4.79 Å². The number of ether oxygens (including phenoxy) is 1. The van der Waals surface area contributed by atoms with Gasteiger partial charge in [0.05, 0.1) is 13.3 Å². The van der Waals surface area contributed by atoms with Crippen molar-refractivity contribution < 1.29 is 9.53 Å². The number of aromatic amines is 1. The summed E-state index contributed by atoms with van der Waals surface area (Å²) in [6, 6.07) is 15.6. The van der Waals surface area contributed by atoms with Crippen LogP contribution in [0.4, 0.5) is 0 Å². The normalized spacial score (nSPS) is 13.4. The van der Waals surface area contributed by atoms with Crippen molar-refractivity contribution in [2.45, 2.75) is 13.0 Å². The lowest BCUT2D eigenvalue weighted by atomic mass is 10.0. The van der Waals surface area contributed by atoms with Crippen molar-refractivity contribution in [2.24, 2.45) is 0 Å². The first kappa shape index (κ1) is 15.4. The van der Waals surface area contributed by atoms with Crippen molar-refractivity contribution in [3.63, 3.8) is 0 Å². The zero-order chi connectivity index (χ0) is 17.2. The van der Waals surface area contributed by atoms with Crippen LogP contribution in [0.5, 0.6) is 5.75 Å². The topological polar surface area (TPSA) is 58.2 Å². The summed E-state index contributed by atoms with van der Waals surface area (Å²) in [5.41, 5.74) is 4.88. The van der Waals surface area contributed by atoms with Crippen LogP contribution in [0.25, 0.3) is 11.1 Å². The highest BCUT2D eigenvalue weighted by Crippen LogP contribution is 2.30. The summed E-state index contributed by atoms with van der Waals surface area (Å²) in [6.07, 6.45) is 2.62. The second-order valence-corrected chi connectivity index (χ2v) is 6.13. The molecule has 0 radical (unpaired) electrons. The Bertz CT molecular complexity index is 917. The number of carbonyl (C=O) groups is 1. The molecule has 0 bridgehead atoms. The van der Waals surface area contributed by atoms with Crippen molar-refractivity contribution in [1.82, 2.24) is 15.1 Å². The maximum Gasteiger partial charge on any atom is 0.254 e. The number of benzene rings is 2. The van der Waals surface area contributed by atoms with E-state index in [4.69, 9.17) is 4.74 Å². The van der Waals surface area contributed by atoms with E-state index in [1.54, 1.807) is 13.3 Å². The van der Waals surface area contributed by atoms with Gasteiger partial charge in [-0.3, -0.25) is 9.89 Å². The molecule has 5 heteroatoms. The van der Waals surface area contributed by atoms with Gasteiger partial charge in [-0.25, -0.2) is 0 Å². The zero-order valence-corrected chi connectivity index (χ0v) is 14.0. The molecule has 3 aromatic rings. The fourth-order valence-corrected chi connectivity index (χ4v) is 3.28. The lowest BCUT2D eigenvalue weighted by Gasteiger charge is -2.26. The molecule has 0 unspecified atom stereocenters. The lowest BCUT2D eigenvalue weighted by molar-refractivity contribution is 0.0734. The molecule has 1 aliphatic heterocycles. The van der Waals surface area contributed by atoms with E-state index < -0.39 is 0 Å². The Morgan fingerprint density at radius 3 is 2.96 bits per heavy atom. The van der Waals surface area contributed by atoms with E-state index in [1.807, 2.05) is 53.4 Å². The first-order valence-corrected chi connectivity index (χ1v) is 8.30. The average Bonchev–Trinajstić information content (AvgIpc) is 3.15. The third kappa shape index (κ3) is 2.89. The van der Waals surface area contributed by atoms with Crippen LogP contribution in [-0.2, 0) is 13.0 Å². The molecular formula is C20H19N3O2. The standard InChI is InChI=1S/C20H19N3O2/c1-25-19-8-3-2-7-17(19)14-5-4-6-15(11-14)20(24)23-10-9-18-16(13-23)12-21-22-18/h2-8,11-12H,9-10,13H2,1H3,(H,21,22). The maximum atomic E-state index is 12.9. The maximum absolute atomic E-state index is 12.9. The van der Waals surface area contributed by atoms with Gasteiger partial charge in [0.2, 0.25) is 0 Å². The number of aromatic nitrogens is 2. The van der Waals surface area contributed by atoms with Crippen molar-refractivity contribution in [2.75, 3.05) is 13.7 Å². The Labute approximate surface area is 146 Å². The molecule has 0 saturated heterocycles. The first-order chi connectivity index (χ1) is 12.3. The fraction of sp³-hybridized carbons (Fsp3) is 0.200. The Balaban J connectivity index is 1.62. The number of hydrogen-bond donors (Lipinski definition) is 1. The largest absolute Gasteiger partial charge is 0.496 e. The molecule has 1 N–H and O–H groups in total. The number of nitrogens with zero attached hydrogens (tertiary/aromatic N) is 2. The summed E-state index contributed by atoms with van der Waals surface area (Å²) in [4.78, 5) is 14.8. The first-order valence-electron chi connectivity index (χ1n) is 8.30. The van der Waals surface area contributed by atoms with Gasteiger partial charge in [0.25, 0.3) is 5.91 Å². The molecule has 126 valence electrons. The van der Waals surface area contributed by atoms with Crippen LogP contribution in [0.1, 0.15) is 21.6 Å². The van der Waals surface area contributed by atoms with Crippen LogP contribution < -0.4 is 4.74 Å². The van der Waals surface area contributed by atoms with Crippen molar-refractivity contribution in [3.8, 4) is 16.9 Å². The summed E-state index contributed by atoms with van der Waals surface area (Å²) < 4.78 is 5.44. The third-order valence-electron chi connectivity index (χ3n) is 4.62. The molecule has 0 spiro atoms. The van der Waals surface area contributed by atoms with Gasteiger partial charge >= 0.3 is 0 Å². The van der Waals surface area contributed by atoms with E-state index in [2.05, 4.69) is 10.2 Å². The second-order valence-electron chi connectivity index (χ2n) is 6.13. The molecule has 1 aromatic heterocycles. The molecule has 0 aliphatic carbocycles. The van der Waals surface area contributed by atoms with Crippen LogP contribution in [0, 0.1) is 0 Å². The van der Waals surface area contributed by atoms with E-state index >= 15 is 0 Å². The number of H-pyrrole nitrogens is 1. The van der Waals surface area contributed by atoms with Crippen LogP contribution in [0.3, 0.4) is 0 Å². The van der Waals surface area contributed by atoms with Crippen LogP contribution in [-0.4, -0.2) is 34.7 Å². The SMILES string of the molecule is COc1ccccc1-c1cccc(C(=O)N2CCc3[nH]ncc3C2)c1. The summed E-state index contributed by atoms with van der Waals surface area (Å²) in [7, 11) is 1.66. The Morgan fingerprint density at radius 2 is 2.08 bits per heavy atom. The van der Waals surface area contributed by atoms with Crippen molar-refractivity contribution >= 4 is 5.91 Å². The summed E-state index contributed by atoms with van der Waals surface area (Å²) in [5.74, 6) is 0.844. The molecule has 2 aromatic carbocycles. The van der Waals surface area contributed by atoms with E-state index in [1.165, 1.54) is 0 Å². The van der Waals surface area contributed by atoms with Gasteiger partial charge in [0, 0.05) is 41.9 Å². The van der Waals surface area contributed by atoms with Gasteiger partial charge in [-0.1, -0.05) is 30.3 Å². The van der Waals surface area contributed by atoms with Gasteiger partial charge < -0.3 is 9.64 Å². The average molecular weight is 333 g/mol. The van der Waals surface area contributed by atoms with Crippen molar-refractivity contribution in [1.29, 1.82) is 0 Å². The minimum Gasteiger partial charge on any atom is -0.496 e. The smallest absolute Gasteiger partial charge is 0.254 e. The van der Waals surface area contributed by atoms with Gasteiger partial charge in [0.15, 0.2) is 0 Å². The number of nitrogens with one attached hydrogen (secondary N) is 1. The summed E-state index contributed by atoms with van der Waals surface area (Å²) >= 11 is 0. The van der Waals surface area contributed by atoms with E-state index in [0.717, 1.165) is 34.6 Å². The molecule has 25 heavy (non-hydrogen) atoms. The Hall–Kier alpha value is -3.08. The number of amides is 1. The van der Waals surface area contributed by atoms with E-state index in [-0.39, 0.29) is 5.91 Å². The van der Waals surface area contributed by atoms with Gasteiger partial charge in [-0.05, 0) is 23.8 Å². The number of methoxy groups -OCH3 is 1. The highest BCUT2D eigenvalue weighted by molar-refractivity contribution is 5.95. The number of para-hydroxylation sites is 1. The molecule has 1 amide bonds. The highest BCUT2D eigenvalue weighted by Gasteiger charge is 2.23. The van der Waals surface area contributed by atoms with Gasteiger partial charge in [0.1, 0.15) is 5.75 Å². The molecule has 2 heterocycles. The van der Waals surface area contributed by atoms with Crippen LogP contribution in [0.15, 0.2) is 54.7 Å². The molecule has 0 saturated carbocycles. The Kier molecular flexibility index (Phi) is 3.98. The monoisotopic (exact) mass is 333 g/mol. The molecule has 5 nitrogen and oxygen atoms in total. The molecule has 1 aliphatic rings. The second kappa shape index (κ2) is 6.43. The Morgan fingerprint density at radius 1 is 1.20 bits per heavy atom. The molecule has 4 rings (SSSR count). The predicted molar refractivity (Wildman–Crippen MR) is 95.5 cm³/mol. The molecule has 0 atom stereocenters. The number of carbonyl (C=O) groups excluding carboxylic acids is 1. The number of fused-ring (bicyclic) bond motifs is 1. The summed E-state index contributed by atoms with van der Waals surface area (Å²) in [6.45, 7) is 1.30. The lowest BCUT2D eigenvalue weighted by Crippen LogP contribution is -2.35. The fourth-order valence-electron chi connectivity index (χ4n) is 3.28. The minimum atomic E-state index is 0.0450. The zero-order valence-electron chi connectivity index (χ0n) is 14.0. The quantitative estimate of drug-likeness (QED) is 0.800. The molecule has 0 fully saturated rings. The highest BCUT2D eigenvalue weighted by atomic mass is 16.5. The van der Waals surface area contributed by atoms with Gasteiger partial charge in [-0.15, -0.1) is 0 Å².